The van der Waals surface area contributed by atoms with E-state index in [0.717, 1.165) is 25.7 Å². The Morgan fingerprint density at radius 3 is 2.46 bits per heavy atom. The first-order valence-corrected chi connectivity index (χ1v) is 5.07. The number of carbonyl (C=O) groups is 1. The van der Waals surface area contributed by atoms with Crippen molar-refractivity contribution in [3.8, 4) is 11.8 Å². The smallest absolute Gasteiger partial charge is 0.384 e. The Labute approximate surface area is 78.7 Å². The quantitative estimate of drug-likeness (QED) is 0.348. The first kappa shape index (κ1) is 8.62. The zero-order valence-electron chi connectivity index (χ0n) is 7.71. The van der Waals surface area contributed by atoms with Gasteiger partial charge in [0, 0.05) is 11.8 Å². The Morgan fingerprint density at radius 2 is 1.85 bits per heavy atom. The minimum atomic E-state index is -0.321. The molecule has 2 fully saturated rings. The van der Waals surface area contributed by atoms with E-state index in [1.165, 1.54) is 12.8 Å². The molecule has 2 heteroatoms. The summed E-state index contributed by atoms with van der Waals surface area (Å²) in [5.41, 5.74) is 0. The highest BCUT2D eigenvalue weighted by Crippen LogP contribution is 2.27. The molecule has 0 aromatic rings. The number of hydrogen-bond acceptors (Lipinski definition) is 2. The summed E-state index contributed by atoms with van der Waals surface area (Å²) < 4.78 is 5.18. The summed E-state index contributed by atoms with van der Waals surface area (Å²) >= 11 is 0. The lowest BCUT2D eigenvalue weighted by Gasteiger charge is -2.06. The van der Waals surface area contributed by atoms with Gasteiger partial charge in [-0.3, -0.25) is 0 Å². The van der Waals surface area contributed by atoms with Crippen molar-refractivity contribution in [2.24, 2.45) is 5.92 Å². The first-order chi connectivity index (χ1) is 6.34. The van der Waals surface area contributed by atoms with Crippen molar-refractivity contribution in [2.45, 2.75) is 44.6 Å². The normalized spacial score (nSPS) is 22.2. The lowest BCUT2D eigenvalue weighted by atomic mass is 10.3. The highest BCUT2D eigenvalue weighted by Gasteiger charge is 2.20. The molecule has 0 N–H and O–H groups in total. The Hall–Kier alpha value is -0.970. The molecule has 0 aromatic heterocycles. The molecule has 0 radical (unpaired) electrons. The van der Waals surface area contributed by atoms with Crippen LogP contribution in [0.15, 0.2) is 0 Å². The molecule has 0 bridgehead atoms. The Bertz CT molecular complexity index is 249. The first-order valence-electron chi connectivity index (χ1n) is 5.07. The van der Waals surface area contributed by atoms with E-state index in [4.69, 9.17) is 4.74 Å². The molecule has 0 saturated heterocycles. The Balaban J connectivity index is 1.74. The molecular formula is C11H14O2. The van der Waals surface area contributed by atoms with Gasteiger partial charge in [-0.2, -0.15) is 0 Å². The lowest BCUT2D eigenvalue weighted by Crippen LogP contribution is -2.12. The van der Waals surface area contributed by atoms with Crippen molar-refractivity contribution in [2.75, 3.05) is 0 Å². The van der Waals surface area contributed by atoms with E-state index in [2.05, 4.69) is 11.8 Å². The Morgan fingerprint density at radius 1 is 1.15 bits per heavy atom. The van der Waals surface area contributed by atoms with Crippen LogP contribution in [-0.2, 0) is 9.53 Å². The van der Waals surface area contributed by atoms with E-state index in [-0.39, 0.29) is 12.1 Å². The summed E-state index contributed by atoms with van der Waals surface area (Å²) in [6.07, 6.45) is 6.89. The van der Waals surface area contributed by atoms with Crippen molar-refractivity contribution in [3.63, 3.8) is 0 Å². The molecule has 0 heterocycles. The SMILES string of the molecule is O=C(C#CC1CC1)OC1CCCC1. The molecule has 0 spiro atoms. The van der Waals surface area contributed by atoms with Crippen molar-refractivity contribution < 1.29 is 9.53 Å². The van der Waals surface area contributed by atoms with Gasteiger partial charge in [0.15, 0.2) is 0 Å². The van der Waals surface area contributed by atoms with Crippen molar-refractivity contribution in [3.05, 3.63) is 0 Å². The molecule has 2 nitrogen and oxygen atoms in total. The zero-order valence-corrected chi connectivity index (χ0v) is 7.71. The number of ether oxygens (including phenoxy) is 1. The molecule has 0 amide bonds. The molecule has 2 rings (SSSR count). The number of hydrogen-bond donors (Lipinski definition) is 0. The summed E-state index contributed by atoms with van der Waals surface area (Å²) in [7, 11) is 0. The number of rotatable bonds is 1. The third kappa shape index (κ3) is 2.77. The summed E-state index contributed by atoms with van der Waals surface area (Å²) in [4.78, 5) is 11.1. The summed E-state index contributed by atoms with van der Waals surface area (Å²) in [5.74, 6) is 5.63. The summed E-state index contributed by atoms with van der Waals surface area (Å²) in [6, 6.07) is 0. The maximum atomic E-state index is 11.1. The topological polar surface area (TPSA) is 26.3 Å². The second-order valence-electron chi connectivity index (χ2n) is 3.86. The maximum absolute atomic E-state index is 11.1. The van der Waals surface area contributed by atoms with E-state index in [9.17, 15) is 4.79 Å². The van der Waals surface area contributed by atoms with Crippen molar-refractivity contribution in [1.82, 2.24) is 0 Å². The Kier molecular flexibility index (Phi) is 2.54. The predicted molar refractivity (Wildman–Crippen MR) is 48.8 cm³/mol. The van der Waals surface area contributed by atoms with Gasteiger partial charge in [0.2, 0.25) is 0 Å². The second kappa shape index (κ2) is 3.83. The minimum Gasteiger partial charge on any atom is -0.453 e. The van der Waals surface area contributed by atoms with Crippen molar-refractivity contribution in [1.29, 1.82) is 0 Å². The highest BCUT2D eigenvalue weighted by molar-refractivity contribution is 5.88. The molecular weight excluding hydrogens is 164 g/mol. The van der Waals surface area contributed by atoms with E-state index < -0.39 is 0 Å². The van der Waals surface area contributed by atoms with Gasteiger partial charge in [-0.05, 0) is 38.5 Å². The van der Waals surface area contributed by atoms with E-state index in [0.29, 0.717) is 5.92 Å². The molecule has 2 aliphatic carbocycles. The second-order valence-corrected chi connectivity index (χ2v) is 3.86. The van der Waals surface area contributed by atoms with Crippen LogP contribution < -0.4 is 0 Å². The molecule has 0 aliphatic heterocycles. The molecule has 0 unspecified atom stereocenters. The van der Waals surface area contributed by atoms with Gasteiger partial charge in [-0.25, -0.2) is 4.79 Å². The standard InChI is InChI=1S/C11H14O2/c12-11(8-7-9-5-6-9)13-10-3-1-2-4-10/h9-10H,1-6H2. The lowest BCUT2D eigenvalue weighted by molar-refractivity contribution is -0.141. The third-order valence-electron chi connectivity index (χ3n) is 2.53. The van der Waals surface area contributed by atoms with Gasteiger partial charge in [-0.15, -0.1) is 0 Å². The highest BCUT2D eigenvalue weighted by atomic mass is 16.5. The molecule has 2 aliphatic rings. The van der Waals surface area contributed by atoms with Crippen LogP contribution in [0.2, 0.25) is 0 Å². The molecule has 0 aromatic carbocycles. The summed E-state index contributed by atoms with van der Waals surface area (Å²) in [6.45, 7) is 0. The maximum Gasteiger partial charge on any atom is 0.384 e. The van der Waals surface area contributed by atoms with Crippen LogP contribution in [0.25, 0.3) is 0 Å². The van der Waals surface area contributed by atoms with Gasteiger partial charge in [0.05, 0.1) is 0 Å². The molecule has 13 heavy (non-hydrogen) atoms. The van der Waals surface area contributed by atoms with E-state index in [1.54, 1.807) is 0 Å². The zero-order chi connectivity index (χ0) is 9.10. The van der Waals surface area contributed by atoms with Crippen LogP contribution >= 0.6 is 0 Å². The van der Waals surface area contributed by atoms with Gasteiger partial charge < -0.3 is 4.74 Å². The van der Waals surface area contributed by atoms with Crippen LogP contribution in [0.4, 0.5) is 0 Å². The monoisotopic (exact) mass is 178 g/mol. The molecule has 2 saturated carbocycles. The summed E-state index contributed by atoms with van der Waals surface area (Å²) in [5, 5.41) is 0. The van der Waals surface area contributed by atoms with Crippen LogP contribution in [0.5, 0.6) is 0 Å². The fourth-order valence-electron chi connectivity index (χ4n) is 1.58. The third-order valence-corrected chi connectivity index (χ3v) is 2.53. The van der Waals surface area contributed by atoms with E-state index in [1.807, 2.05) is 0 Å². The van der Waals surface area contributed by atoms with Gasteiger partial charge in [0.1, 0.15) is 6.10 Å². The van der Waals surface area contributed by atoms with Gasteiger partial charge >= 0.3 is 5.97 Å². The fraction of sp³-hybridized carbons (Fsp3) is 0.727. The van der Waals surface area contributed by atoms with Crippen LogP contribution in [0.1, 0.15) is 38.5 Å². The van der Waals surface area contributed by atoms with Crippen LogP contribution in [-0.4, -0.2) is 12.1 Å². The largest absolute Gasteiger partial charge is 0.453 e. The number of carbonyl (C=O) groups excluding carboxylic acids is 1. The fourth-order valence-corrected chi connectivity index (χ4v) is 1.58. The van der Waals surface area contributed by atoms with E-state index >= 15 is 0 Å². The average Bonchev–Trinajstić information content (AvgIpc) is 2.82. The predicted octanol–water partition coefficient (Wildman–Crippen LogP) is 1.89. The van der Waals surface area contributed by atoms with Crippen LogP contribution in [0, 0.1) is 17.8 Å². The molecule has 70 valence electrons. The minimum absolute atomic E-state index is 0.154. The van der Waals surface area contributed by atoms with Crippen molar-refractivity contribution >= 4 is 5.97 Å². The van der Waals surface area contributed by atoms with Crippen LogP contribution in [0.3, 0.4) is 0 Å². The van der Waals surface area contributed by atoms with Gasteiger partial charge in [-0.1, -0.05) is 5.92 Å². The number of esters is 1. The molecule has 0 atom stereocenters. The van der Waals surface area contributed by atoms with Gasteiger partial charge in [0.25, 0.3) is 0 Å². The average molecular weight is 178 g/mol.